The third-order valence-electron chi connectivity index (χ3n) is 5.95. The molecule has 2 aromatic heterocycles. The number of para-hydroxylation sites is 1. The van der Waals surface area contributed by atoms with Gasteiger partial charge in [-0.05, 0) is 30.3 Å². The minimum absolute atomic E-state index is 0.0583. The van der Waals surface area contributed by atoms with Crippen LogP contribution in [0.15, 0.2) is 82.1 Å². The Morgan fingerprint density at radius 3 is 2.33 bits per heavy atom. The van der Waals surface area contributed by atoms with Gasteiger partial charge in [0.15, 0.2) is 17.3 Å². The molecule has 9 nitrogen and oxygen atoms in total. The second-order valence-electron chi connectivity index (χ2n) is 8.00. The quantitative estimate of drug-likeness (QED) is 0.257. The van der Waals surface area contributed by atoms with Crippen molar-refractivity contribution in [3.8, 4) is 11.5 Å². The third-order valence-corrected chi connectivity index (χ3v) is 7.68. The number of carbonyl (C=O) groups is 2. The number of ether oxygens (including phenoxy) is 3. The summed E-state index contributed by atoms with van der Waals surface area (Å²) in [6.07, 6.45) is 0. The molecular weight excluding hydrogens is 486 g/mol. The lowest BCUT2D eigenvalue weighted by Gasteiger charge is -2.12. The number of esters is 1. The fourth-order valence-electron chi connectivity index (χ4n) is 4.32. The van der Waals surface area contributed by atoms with Crippen molar-refractivity contribution in [3.63, 3.8) is 0 Å². The van der Waals surface area contributed by atoms with Gasteiger partial charge in [-0.3, -0.25) is 4.79 Å². The highest BCUT2D eigenvalue weighted by Crippen LogP contribution is 2.41. The van der Waals surface area contributed by atoms with E-state index in [0.717, 1.165) is 11.1 Å². The highest BCUT2D eigenvalue weighted by Gasteiger charge is 2.36. The number of carbonyl (C=O) groups excluding carboxylic acids is 2. The normalized spacial score (nSPS) is 12.8. The molecule has 0 spiro atoms. The van der Waals surface area contributed by atoms with Crippen LogP contribution in [0.5, 0.6) is 11.5 Å². The van der Waals surface area contributed by atoms with Crippen molar-refractivity contribution >= 4 is 43.6 Å². The van der Waals surface area contributed by atoms with Crippen LogP contribution in [0.25, 0.3) is 21.9 Å². The highest BCUT2D eigenvalue weighted by molar-refractivity contribution is 7.90. The highest BCUT2D eigenvalue weighted by atomic mass is 32.2. The molecular formula is C26H17NO8S. The van der Waals surface area contributed by atoms with E-state index < -0.39 is 27.5 Å². The van der Waals surface area contributed by atoms with Gasteiger partial charge in [-0.25, -0.2) is 17.2 Å². The Morgan fingerprint density at radius 1 is 0.917 bits per heavy atom. The molecule has 0 radical (unpaired) electrons. The summed E-state index contributed by atoms with van der Waals surface area (Å²) in [7, 11) is -3.22. The first-order valence-corrected chi connectivity index (χ1v) is 12.2. The van der Waals surface area contributed by atoms with Crippen molar-refractivity contribution in [1.82, 2.24) is 3.97 Å². The standard InChI is InChI=1S/C26H17NO8S/c1-32-26(29)23-17-12-20-21(34-14-33-20)13-18(17)27(36(30,31)16-8-3-2-4-9-16)24(23)25(28)22-11-15-7-5-6-10-19(15)35-22/h2-13H,14H2,1H3. The van der Waals surface area contributed by atoms with E-state index in [1.165, 1.54) is 30.3 Å². The average molecular weight is 503 g/mol. The summed E-state index contributed by atoms with van der Waals surface area (Å²) in [6, 6.07) is 19.0. The van der Waals surface area contributed by atoms with E-state index in [9.17, 15) is 18.0 Å². The zero-order valence-corrected chi connectivity index (χ0v) is 19.6. The fraction of sp³-hybridized carbons (Fsp3) is 0.0769. The maximum absolute atomic E-state index is 14.0. The fourth-order valence-corrected chi connectivity index (χ4v) is 5.86. The number of benzene rings is 3. The molecule has 10 heteroatoms. The molecule has 5 aromatic rings. The van der Waals surface area contributed by atoms with E-state index in [-0.39, 0.29) is 39.7 Å². The lowest BCUT2D eigenvalue weighted by atomic mass is 10.1. The molecule has 0 fully saturated rings. The van der Waals surface area contributed by atoms with Gasteiger partial charge in [-0.2, -0.15) is 0 Å². The molecule has 0 aliphatic carbocycles. The van der Waals surface area contributed by atoms with Crippen LogP contribution in [-0.2, 0) is 14.8 Å². The summed E-state index contributed by atoms with van der Waals surface area (Å²) in [5.74, 6) is -1.23. The monoisotopic (exact) mass is 503 g/mol. The van der Waals surface area contributed by atoms with Gasteiger partial charge in [0.05, 0.1) is 23.1 Å². The van der Waals surface area contributed by atoms with Gasteiger partial charge in [0.2, 0.25) is 12.6 Å². The Balaban J connectivity index is 1.73. The molecule has 1 aliphatic rings. The van der Waals surface area contributed by atoms with Gasteiger partial charge in [0, 0.05) is 16.8 Å². The first-order valence-electron chi connectivity index (χ1n) is 10.8. The molecule has 1 aliphatic heterocycles. The van der Waals surface area contributed by atoms with Crippen molar-refractivity contribution < 1.29 is 36.6 Å². The van der Waals surface area contributed by atoms with E-state index in [1.807, 2.05) is 0 Å². The number of hydrogen-bond donors (Lipinski definition) is 0. The first kappa shape index (κ1) is 21.9. The number of nitrogens with zero attached hydrogens (tertiary/aromatic N) is 1. The number of ketones is 1. The predicted molar refractivity (Wildman–Crippen MR) is 128 cm³/mol. The maximum atomic E-state index is 14.0. The Labute approximate surface area is 204 Å². The third kappa shape index (κ3) is 3.18. The summed E-state index contributed by atoms with van der Waals surface area (Å²) in [5.41, 5.74) is -0.142. The van der Waals surface area contributed by atoms with Gasteiger partial charge in [-0.1, -0.05) is 36.4 Å². The largest absolute Gasteiger partial charge is 0.465 e. The van der Waals surface area contributed by atoms with Crippen molar-refractivity contribution in [1.29, 1.82) is 0 Å². The van der Waals surface area contributed by atoms with E-state index >= 15 is 0 Å². The Bertz CT molecular complexity index is 1770. The molecule has 0 saturated heterocycles. The predicted octanol–water partition coefficient (Wildman–Crippen LogP) is 4.37. The van der Waals surface area contributed by atoms with Crippen molar-refractivity contribution in [2.24, 2.45) is 0 Å². The molecule has 0 unspecified atom stereocenters. The van der Waals surface area contributed by atoms with E-state index in [0.29, 0.717) is 16.7 Å². The zero-order chi connectivity index (χ0) is 25.0. The zero-order valence-electron chi connectivity index (χ0n) is 18.8. The van der Waals surface area contributed by atoms with Crippen LogP contribution >= 0.6 is 0 Å². The Morgan fingerprint density at radius 2 is 1.61 bits per heavy atom. The molecule has 0 amide bonds. The Kier molecular flexibility index (Phi) is 4.87. The molecule has 0 saturated carbocycles. The van der Waals surface area contributed by atoms with Gasteiger partial charge >= 0.3 is 5.97 Å². The SMILES string of the molecule is COC(=O)c1c(C(=O)c2cc3ccccc3o2)n(S(=O)(=O)c2ccccc2)c2cc3c(cc12)OCO3. The molecule has 36 heavy (non-hydrogen) atoms. The molecule has 0 atom stereocenters. The second-order valence-corrected chi connectivity index (χ2v) is 9.78. The molecule has 3 aromatic carbocycles. The summed E-state index contributed by atoms with van der Waals surface area (Å²) < 4.78 is 50.4. The molecule has 0 N–H and O–H groups in total. The number of rotatable bonds is 5. The van der Waals surface area contributed by atoms with Crippen LogP contribution in [0.1, 0.15) is 26.6 Å². The number of methoxy groups -OCH3 is 1. The second kappa shape index (κ2) is 7.99. The molecule has 180 valence electrons. The summed E-state index contributed by atoms with van der Waals surface area (Å²) in [5, 5.41) is 0.805. The summed E-state index contributed by atoms with van der Waals surface area (Å²) in [6.45, 7) is -0.0638. The topological polar surface area (TPSA) is 114 Å². The van der Waals surface area contributed by atoms with Crippen LogP contribution in [0.2, 0.25) is 0 Å². The van der Waals surface area contributed by atoms with Crippen LogP contribution in [0.4, 0.5) is 0 Å². The first-order chi connectivity index (χ1) is 17.4. The lowest BCUT2D eigenvalue weighted by Crippen LogP contribution is -2.21. The minimum atomic E-state index is -4.37. The van der Waals surface area contributed by atoms with Crippen LogP contribution in [-0.4, -0.2) is 38.0 Å². The van der Waals surface area contributed by atoms with Gasteiger partial charge in [-0.15, -0.1) is 0 Å². The van der Waals surface area contributed by atoms with Crippen LogP contribution in [0, 0.1) is 0 Å². The van der Waals surface area contributed by atoms with Gasteiger partial charge in [0.25, 0.3) is 10.0 Å². The summed E-state index contributed by atoms with van der Waals surface area (Å²) >= 11 is 0. The van der Waals surface area contributed by atoms with Crippen molar-refractivity contribution in [2.45, 2.75) is 4.90 Å². The number of fused-ring (bicyclic) bond motifs is 3. The van der Waals surface area contributed by atoms with Crippen LogP contribution < -0.4 is 9.47 Å². The number of furan rings is 1. The number of aromatic nitrogens is 1. The Hall–Kier alpha value is -4.57. The maximum Gasteiger partial charge on any atom is 0.340 e. The smallest absolute Gasteiger partial charge is 0.340 e. The van der Waals surface area contributed by atoms with Crippen LogP contribution in [0.3, 0.4) is 0 Å². The molecule has 6 rings (SSSR count). The van der Waals surface area contributed by atoms with Gasteiger partial charge < -0.3 is 18.6 Å². The molecule has 0 bridgehead atoms. The average Bonchev–Trinajstić information content (AvgIpc) is 3.61. The summed E-state index contributed by atoms with van der Waals surface area (Å²) in [4.78, 5) is 26.9. The lowest BCUT2D eigenvalue weighted by molar-refractivity contribution is 0.0599. The van der Waals surface area contributed by atoms with E-state index in [1.54, 1.807) is 42.5 Å². The van der Waals surface area contributed by atoms with Gasteiger partial charge in [0.1, 0.15) is 11.3 Å². The minimum Gasteiger partial charge on any atom is -0.465 e. The number of hydrogen-bond acceptors (Lipinski definition) is 8. The van der Waals surface area contributed by atoms with Crippen molar-refractivity contribution in [2.75, 3.05) is 13.9 Å². The molecule has 3 heterocycles. The van der Waals surface area contributed by atoms with E-state index in [2.05, 4.69) is 0 Å². The van der Waals surface area contributed by atoms with Crippen molar-refractivity contribution in [3.05, 3.63) is 89.8 Å². The van der Waals surface area contributed by atoms with E-state index in [4.69, 9.17) is 18.6 Å².